The van der Waals surface area contributed by atoms with E-state index in [1.807, 2.05) is 12.1 Å². The number of carbonyl (C=O) groups is 1. The fourth-order valence-corrected chi connectivity index (χ4v) is 2.24. The van der Waals surface area contributed by atoms with Crippen LogP contribution < -0.4 is 9.47 Å². The van der Waals surface area contributed by atoms with Gasteiger partial charge in [-0.1, -0.05) is 13.8 Å². The molecule has 3 nitrogen and oxygen atoms in total. The smallest absolute Gasteiger partial charge is 0.193 e. The van der Waals surface area contributed by atoms with E-state index in [0.717, 1.165) is 17.1 Å². The van der Waals surface area contributed by atoms with E-state index in [2.05, 4.69) is 13.8 Å². The fourth-order valence-electron chi connectivity index (χ4n) is 2.24. The third-order valence-corrected chi connectivity index (χ3v) is 3.47. The Balaban J connectivity index is 2.36. The van der Waals surface area contributed by atoms with Crippen LogP contribution in [0.4, 0.5) is 0 Å². The number of methoxy groups -OCH3 is 2. The van der Waals surface area contributed by atoms with Crippen LogP contribution in [0, 0.1) is 0 Å². The van der Waals surface area contributed by atoms with Crippen molar-refractivity contribution in [3.8, 4) is 11.5 Å². The van der Waals surface area contributed by atoms with E-state index >= 15 is 0 Å². The maximum atomic E-state index is 12.5. The average molecular weight is 284 g/mol. The molecule has 0 aliphatic carbocycles. The summed E-state index contributed by atoms with van der Waals surface area (Å²) in [6.45, 7) is 4.17. The molecule has 0 aliphatic heterocycles. The first kappa shape index (κ1) is 15.1. The highest BCUT2D eigenvalue weighted by molar-refractivity contribution is 6.09. The number of ether oxygens (including phenoxy) is 2. The van der Waals surface area contributed by atoms with Gasteiger partial charge in [-0.3, -0.25) is 4.79 Å². The zero-order valence-corrected chi connectivity index (χ0v) is 12.8. The normalized spacial score (nSPS) is 10.5. The van der Waals surface area contributed by atoms with E-state index in [1.54, 1.807) is 44.6 Å². The predicted octanol–water partition coefficient (Wildman–Crippen LogP) is 4.06. The molecule has 110 valence electrons. The molecule has 0 N–H and O–H groups in total. The predicted molar refractivity (Wildman–Crippen MR) is 83.5 cm³/mol. The third kappa shape index (κ3) is 3.24. The van der Waals surface area contributed by atoms with Crippen molar-refractivity contribution in [3.05, 3.63) is 59.2 Å². The highest BCUT2D eigenvalue weighted by Crippen LogP contribution is 2.28. The number of carbonyl (C=O) groups excluding carboxylic acids is 1. The van der Waals surface area contributed by atoms with Gasteiger partial charge in [0.25, 0.3) is 0 Å². The van der Waals surface area contributed by atoms with E-state index in [0.29, 0.717) is 17.0 Å². The fraction of sp³-hybridized carbons (Fsp3) is 0.278. The molecule has 0 bridgehead atoms. The van der Waals surface area contributed by atoms with E-state index in [-0.39, 0.29) is 5.78 Å². The van der Waals surface area contributed by atoms with Crippen LogP contribution in [0.1, 0.15) is 41.3 Å². The Labute approximate surface area is 125 Å². The Morgan fingerprint density at radius 3 is 2.05 bits per heavy atom. The molecule has 0 heterocycles. The Hall–Kier alpha value is -2.29. The molecule has 21 heavy (non-hydrogen) atoms. The first-order chi connectivity index (χ1) is 10.1. The molecule has 0 saturated heterocycles. The number of rotatable bonds is 5. The van der Waals surface area contributed by atoms with Crippen molar-refractivity contribution < 1.29 is 14.3 Å². The average Bonchev–Trinajstić information content (AvgIpc) is 2.53. The van der Waals surface area contributed by atoms with Crippen molar-refractivity contribution >= 4 is 5.78 Å². The van der Waals surface area contributed by atoms with Gasteiger partial charge in [-0.15, -0.1) is 0 Å². The van der Waals surface area contributed by atoms with Gasteiger partial charge >= 0.3 is 0 Å². The minimum Gasteiger partial charge on any atom is -0.497 e. The van der Waals surface area contributed by atoms with Crippen LogP contribution in [-0.4, -0.2) is 20.0 Å². The molecule has 0 aliphatic rings. The topological polar surface area (TPSA) is 35.5 Å². The summed E-state index contributed by atoms with van der Waals surface area (Å²) in [6, 6.07) is 12.7. The van der Waals surface area contributed by atoms with Crippen LogP contribution in [0.15, 0.2) is 42.5 Å². The summed E-state index contributed by atoms with van der Waals surface area (Å²) < 4.78 is 10.5. The Bertz CT molecular complexity index is 627. The van der Waals surface area contributed by atoms with E-state index in [1.165, 1.54) is 0 Å². The van der Waals surface area contributed by atoms with Crippen LogP contribution in [0.3, 0.4) is 0 Å². The van der Waals surface area contributed by atoms with Crippen molar-refractivity contribution in [3.63, 3.8) is 0 Å². The van der Waals surface area contributed by atoms with Crippen molar-refractivity contribution in [1.82, 2.24) is 0 Å². The second kappa shape index (κ2) is 6.44. The molecule has 3 heteroatoms. The molecule has 0 saturated carbocycles. The lowest BCUT2D eigenvalue weighted by atomic mass is 9.96. The molecule has 0 radical (unpaired) electrons. The van der Waals surface area contributed by atoms with Crippen LogP contribution in [0.5, 0.6) is 11.5 Å². The standard InChI is InChI=1S/C18H20O3/c1-12(2)16-11-14(7-10-17(16)21-4)18(19)13-5-8-15(20-3)9-6-13/h5-12H,1-4H3. The maximum absolute atomic E-state index is 12.5. The summed E-state index contributed by atoms with van der Waals surface area (Å²) in [5.74, 6) is 1.85. The number of hydrogen-bond donors (Lipinski definition) is 0. The first-order valence-electron chi connectivity index (χ1n) is 6.93. The Kier molecular flexibility index (Phi) is 4.63. The van der Waals surface area contributed by atoms with E-state index in [4.69, 9.17) is 9.47 Å². The van der Waals surface area contributed by atoms with Crippen LogP contribution in [0.25, 0.3) is 0 Å². The van der Waals surface area contributed by atoms with Gasteiger partial charge in [0.1, 0.15) is 11.5 Å². The summed E-state index contributed by atoms with van der Waals surface area (Å²) in [7, 11) is 3.25. The van der Waals surface area contributed by atoms with Gasteiger partial charge in [0.05, 0.1) is 14.2 Å². The van der Waals surface area contributed by atoms with Gasteiger partial charge in [0.2, 0.25) is 0 Å². The molecule has 2 aromatic carbocycles. The lowest BCUT2D eigenvalue weighted by Crippen LogP contribution is -2.04. The molecule has 0 fully saturated rings. The number of ketones is 1. The van der Waals surface area contributed by atoms with Gasteiger partial charge in [-0.25, -0.2) is 0 Å². The van der Waals surface area contributed by atoms with Crippen molar-refractivity contribution in [2.24, 2.45) is 0 Å². The van der Waals surface area contributed by atoms with Crippen molar-refractivity contribution in [2.75, 3.05) is 14.2 Å². The molecule has 0 amide bonds. The monoisotopic (exact) mass is 284 g/mol. The largest absolute Gasteiger partial charge is 0.497 e. The summed E-state index contributed by atoms with van der Waals surface area (Å²) in [6.07, 6.45) is 0. The Morgan fingerprint density at radius 2 is 1.52 bits per heavy atom. The molecule has 2 aromatic rings. The maximum Gasteiger partial charge on any atom is 0.193 e. The molecule has 0 atom stereocenters. The van der Waals surface area contributed by atoms with Crippen LogP contribution >= 0.6 is 0 Å². The van der Waals surface area contributed by atoms with Crippen LogP contribution in [-0.2, 0) is 0 Å². The van der Waals surface area contributed by atoms with Gasteiger partial charge in [-0.05, 0) is 53.9 Å². The summed E-state index contributed by atoms with van der Waals surface area (Å²) >= 11 is 0. The zero-order valence-electron chi connectivity index (χ0n) is 12.8. The van der Waals surface area contributed by atoms with Gasteiger partial charge in [-0.2, -0.15) is 0 Å². The first-order valence-corrected chi connectivity index (χ1v) is 6.93. The second-order valence-electron chi connectivity index (χ2n) is 5.17. The Morgan fingerprint density at radius 1 is 0.905 bits per heavy atom. The quantitative estimate of drug-likeness (QED) is 0.777. The summed E-state index contributed by atoms with van der Waals surface area (Å²) in [4.78, 5) is 12.5. The highest BCUT2D eigenvalue weighted by Gasteiger charge is 2.14. The van der Waals surface area contributed by atoms with Crippen LogP contribution in [0.2, 0.25) is 0 Å². The van der Waals surface area contributed by atoms with Gasteiger partial charge < -0.3 is 9.47 Å². The zero-order chi connectivity index (χ0) is 15.4. The number of benzene rings is 2. The van der Waals surface area contributed by atoms with Gasteiger partial charge in [0, 0.05) is 11.1 Å². The summed E-state index contributed by atoms with van der Waals surface area (Å²) in [5.41, 5.74) is 2.36. The number of hydrogen-bond acceptors (Lipinski definition) is 3. The van der Waals surface area contributed by atoms with Crippen molar-refractivity contribution in [2.45, 2.75) is 19.8 Å². The molecule has 0 unspecified atom stereocenters. The SMILES string of the molecule is COc1ccc(C(=O)c2ccc(OC)c(C(C)C)c2)cc1. The second-order valence-corrected chi connectivity index (χ2v) is 5.17. The van der Waals surface area contributed by atoms with E-state index < -0.39 is 0 Å². The molecule has 2 rings (SSSR count). The molecule has 0 aromatic heterocycles. The third-order valence-electron chi connectivity index (χ3n) is 3.47. The molecule has 0 spiro atoms. The molecular formula is C18H20O3. The lowest BCUT2D eigenvalue weighted by molar-refractivity contribution is 0.103. The van der Waals surface area contributed by atoms with Crippen molar-refractivity contribution in [1.29, 1.82) is 0 Å². The lowest BCUT2D eigenvalue weighted by Gasteiger charge is -2.13. The van der Waals surface area contributed by atoms with E-state index in [9.17, 15) is 4.79 Å². The van der Waals surface area contributed by atoms with Gasteiger partial charge in [0.15, 0.2) is 5.78 Å². The summed E-state index contributed by atoms with van der Waals surface area (Å²) in [5, 5.41) is 0. The minimum atomic E-state index is 0.00204. The minimum absolute atomic E-state index is 0.00204. The molecular weight excluding hydrogens is 264 g/mol. The highest BCUT2D eigenvalue weighted by atomic mass is 16.5.